The molecule has 0 aromatic heterocycles. The van der Waals surface area contributed by atoms with Crippen molar-refractivity contribution >= 4 is 93.9 Å². The van der Waals surface area contributed by atoms with Gasteiger partial charge in [0.15, 0.2) is 35.5 Å². The number of nitrogens with one attached hydrogen (secondary N) is 11. The van der Waals surface area contributed by atoms with Gasteiger partial charge in [-0.15, -0.1) is 13.2 Å². The molecule has 11 amide bonds. The summed E-state index contributed by atoms with van der Waals surface area (Å²) in [5.41, 5.74) is 9.93. The lowest BCUT2D eigenvalue weighted by Gasteiger charge is -2.48. The van der Waals surface area contributed by atoms with Crippen molar-refractivity contribution in [1.82, 2.24) is 53.4 Å². The van der Waals surface area contributed by atoms with Gasteiger partial charge in [0.1, 0.15) is 95.5 Å². The Balaban J connectivity index is 1.00. The number of benzene rings is 7. The van der Waals surface area contributed by atoms with Crippen LogP contribution in [0.25, 0.3) is 11.1 Å². The molecule has 40 nitrogen and oxygen atoms in total. The number of primary amides is 2. The molecule has 7 aromatic carbocycles. The van der Waals surface area contributed by atoms with E-state index in [4.69, 9.17) is 63.1 Å². The smallest absolute Gasteiger partial charge is 0.508 e. The van der Waals surface area contributed by atoms with Crippen LogP contribution in [0.15, 0.2) is 121 Å². The molecule has 11 bridgehead atoms. The van der Waals surface area contributed by atoms with E-state index in [1.807, 2.05) is 5.43 Å². The summed E-state index contributed by atoms with van der Waals surface area (Å²) in [5, 5.41) is 129. The third-order valence-corrected chi connectivity index (χ3v) is 22.2. The number of amides is 11. The molecule has 46 heteroatoms. The molecule has 0 saturated carbocycles. The molecule has 7 aliphatic rings. The molecule has 7 aromatic rings. The minimum atomic E-state index is -5.21. The largest absolute Gasteiger partial charge is 0.573 e. The minimum Gasteiger partial charge on any atom is -0.508 e. The van der Waals surface area contributed by atoms with Crippen LogP contribution in [0, 0.1) is 11.7 Å². The van der Waals surface area contributed by atoms with E-state index in [0.717, 1.165) is 72.8 Å². The highest BCUT2D eigenvalue weighted by atomic mass is 35.5. The van der Waals surface area contributed by atoms with Crippen LogP contribution in [0.2, 0.25) is 10.0 Å². The second kappa shape index (κ2) is 39.4. The predicted molar refractivity (Wildman–Crippen MR) is 437 cm³/mol. The number of alkyl halides is 3. The SMILES string of the molecule is CNC(CC(C)C)C(=O)NC1C(=O)NC(CC(N)=O)C(=O)NC2C(=O)NC3C(=O)NC(C(=O)N[C@@H](C(=O)NNC(=O)C(N)=O)c4cc(O)cc(O)c4-c4cc3ccc4O)C(O)c3ccc(c(Cl)c3)Oc3cc2cc(c3OC2OC(CO)C(O)C(O)C2OC2C[C@@](C)(NCc3ccc(NC(=O)c4ccc(OC(F)(F)F)c(F)c4)cc3)C(O)C(C)O2)Oc2ccc(cc2Cl)C1O. The van der Waals surface area contributed by atoms with Gasteiger partial charge in [-0.1, -0.05) is 67.4 Å². The Hall–Kier alpha value is -12.8. The monoisotopic (exact) mass is 1840 g/mol. The van der Waals surface area contributed by atoms with Crippen LogP contribution in [-0.4, -0.2) is 210 Å². The standard InChI is InChI=1S/C83H87Cl2F4N13O27/c1-31(2)18-46(92-5)73(115)99-62-64(108)35-9-15-50(43(84)20-35)124-53-23-38-24-54(68(53)128-81-69(67(111)66(110)55(30-103)126-81)127-57-28-82(4,70(112)32(3)123-57)93-29-33-6-12-39(13-7-33)94-72(114)37-11-17-52(45(86)22-37)129-83(87,88)89)125-51-16-10-36(21-44(51)85)65(109)63-78(120)98-61(79(121)101-102-80(122)71(91)113)42-25-40(104)26-49(106)58(42)41-19-34(8-14-48(41)105)59(75(117)100-63)97-76(118)60(38)96-74(116)47(27-56(90)107)95-77(62)119/h6-17,19-26,31-32,46-47,55,57,59-67,69-70,81,92-93,103-106,108-112H,18,27-30H2,1-5H3,(H2,90,107)(H2,91,113)(H,94,114)(H,95,119)(H,96,116)(H,97,118)(H,98,120)(H,99,115)(H,100,117)(H,101,121)(H,102,122)/t32?,46?,47?,55?,57?,59?,60?,61-,62?,63?,64?,65?,66?,67?,69?,70?,81?,82-/m1/s1. The first kappa shape index (κ1) is 95.3. The van der Waals surface area contributed by atoms with E-state index in [1.54, 1.807) is 38.3 Å². The van der Waals surface area contributed by atoms with Crippen molar-refractivity contribution in [2.45, 2.75) is 169 Å². The molecule has 7 aliphatic heterocycles. The van der Waals surface area contributed by atoms with E-state index < -0.39 is 289 Å². The highest BCUT2D eigenvalue weighted by Gasteiger charge is 2.53. The number of hydrogen-bond donors (Lipinski definition) is 22. The second-order valence-electron chi connectivity index (χ2n) is 31.3. The third kappa shape index (κ3) is 21.8. The lowest BCUT2D eigenvalue weighted by atomic mass is 9.84. The fraction of sp³-hybridized carbons (Fsp3) is 0.361. The Morgan fingerprint density at radius 1 is 0.682 bits per heavy atom. The van der Waals surface area contributed by atoms with Crippen LogP contribution in [0.4, 0.5) is 23.2 Å². The molecular weight excluding hydrogens is 1760 g/mol. The summed E-state index contributed by atoms with van der Waals surface area (Å²) in [6, 6.07) is 6.02. The average Bonchev–Trinajstić information content (AvgIpc) is 0.763. The molecule has 14 rings (SSSR count). The number of aliphatic hydroxyl groups is 6. The highest BCUT2D eigenvalue weighted by molar-refractivity contribution is 6.34. The number of phenolic OH excluding ortho intramolecular Hbond substituents is 3. The van der Waals surface area contributed by atoms with Crippen molar-refractivity contribution in [2.75, 3.05) is 19.0 Å². The van der Waals surface area contributed by atoms with Gasteiger partial charge in [-0.25, -0.2) is 4.39 Å². The van der Waals surface area contributed by atoms with Gasteiger partial charge in [0.2, 0.25) is 53.4 Å². The van der Waals surface area contributed by atoms with Crippen molar-refractivity contribution in [3.63, 3.8) is 0 Å². The number of likely N-dealkylation sites (N-methyl/N-ethyl adjacent to an activating group) is 1. The van der Waals surface area contributed by atoms with Gasteiger partial charge in [-0.05, 0) is 152 Å². The Morgan fingerprint density at radius 2 is 1.31 bits per heavy atom. The quantitative estimate of drug-likeness (QED) is 0.0312. The van der Waals surface area contributed by atoms with Crippen LogP contribution in [0.3, 0.4) is 0 Å². The molecule has 24 N–H and O–H groups in total. The van der Waals surface area contributed by atoms with Gasteiger partial charge < -0.3 is 138 Å². The average molecular weight is 1850 g/mol. The summed E-state index contributed by atoms with van der Waals surface area (Å²) in [7, 11) is 1.44. The Kier molecular flexibility index (Phi) is 29.1. The zero-order valence-electron chi connectivity index (χ0n) is 68.3. The number of carbonyl (C=O) groups excluding carboxylic acids is 11. The number of phenols is 3. The molecule has 18 atom stereocenters. The van der Waals surface area contributed by atoms with Crippen LogP contribution in [0.1, 0.15) is 121 Å². The Bertz CT molecular complexity index is 5540. The molecule has 2 fully saturated rings. The number of anilines is 1. The van der Waals surface area contributed by atoms with Crippen LogP contribution >= 0.6 is 23.2 Å². The number of ether oxygens (including phenoxy) is 7. The summed E-state index contributed by atoms with van der Waals surface area (Å²) in [6.45, 7) is 5.50. The minimum absolute atomic E-state index is 0.0473. The topological polar surface area (TPSA) is 619 Å². The van der Waals surface area contributed by atoms with Crippen LogP contribution in [-0.2, 0) is 68.7 Å². The lowest BCUT2D eigenvalue weighted by Crippen LogP contribution is -2.65. The number of rotatable bonds is 19. The molecule has 7 heterocycles. The first-order valence-electron chi connectivity index (χ1n) is 39.4. The maximum Gasteiger partial charge on any atom is 0.573 e. The first-order valence-corrected chi connectivity index (χ1v) is 40.2. The summed E-state index contributed by atoms with van der Waals surface area (Å²) >= 11 is 14.3. The molecule has 0 radical (unpaired) electrons. The molecule has 0 aliphatic carbocycles. The predicted octanol–water partition coefficient (Wildman–Crippen LogP) is 1.78. The lowest BCUT2D eigenvalue weighted by molar-refractivity contribution is -0.334. The van der Waals surface area contributed by atoms with Gasteiger partial charge >= 0.3 is 18.2 Å². The van der Waals surface area contributed by atoms with Gasteiger partial charge in [0, 0.05) is 46.9 Å². The Morgan fingerprint density at radius 3 is 1.91 bits per heavy atom. The fourth-order valence-electron chi connectivity index (χ4n) is 15.0. The van der Waals surface area contributed by atoms with E-state index in [0.29, 0.717) is 23.8 Å². The maximum absolute atomic E-state index is 16.3. The van der Waals surface area contributed by atoms with Crippen molar-refractivity contribution in [2.24, 2.45) is 17.4 Å². The Labute approximate surface area is 737 Å². The fourth-order valence-corrected chi connectivity index (χ4v) is 15.4. The summed E-state index contributed by atoms with van der Waals surface area (Å²) < 4.78 is 96.0. The number of nitrogens with two attached hydrogens (primary N) is 2. The second-order valence-corrected chi connectivity index (χ2v) is 32.1. The first-order chi connectivity index (χ1) is 60.9. The number of fused-ring (bicyclic) bond motifs is 15. The summed E-state index contributed by atoms with van der Waals surface area (Å²) in [6.07, 6.45) is -25.4. The number of halogens is 6. The number of hydrogen-bond acceptors (Lipinski definition) is 29. The van der Waals surface area contributed by atoms with Crippen molar-refractivity contribution < 1.29 is 149 Å². The number of aliphatic hydroxyl groups excluding tert-OH is 6. The third-order valence-electron chi connectivity index (χ3n) is 21.6. The van der Waals surface area contributed by atoms with E-state index in [1.165, 1.54) is 32.2 Å². The maximum atomic E-state index is 16.3. The van der Waals surface area contributed by atoms with E-state index in [2.05, 4.69) is 52.6 Å². The number of hydrazine groups is 1. The summed E-state index contributed by atoms with van der Waals surface area (Å²) in [4.78, 5) is 157. The van der Waals surface area contributed by atoms with Crippen LogP contribution in [0.5, 0.6) is 51.7 Å². The van der Waals surface area contributed by atoms with E-state index in [9.17, 15) is 92.3 Å². The normalized spacial score (nSPS) is 25.5. The van der Waals surface area contributed by atoms with Gasteiger partial charge in [0.25, 0.3) is 11.8 Å². The molecule has 16 unspecified atom stereocenters. The summed E-state index contributed by atoms with van der Waals surface area (Å²) in [5.74, 6) is -23.7. The molecule has 129 heavy (non-hydrogen) atoms. The van der Waals surface area contributed by atoms with E-state index >= 15 is 24.0 Å². The van der Waals surface area contributed by atoms with Crippen LogP contribution < -0.4 is 89.1 Å². The molecular formula is C83H87Cl2F4N13O27. The van der Waals surface area contributed by atoms with Gasteiger partial charge in [0.05, 0.1) is 41.3 Å². The highest BCUT2D eigenvalue weighted by Crippen LogP contribution is 2.50. The zero-order valence-corrected chi connectivity index (χ0v) is 69.8. The van der Waals surface area contributed by atoms with E-state index in [-0.39, 0.29) is 47.7 Å². The van der Waals surface area contributed by atoms with Gasteiger partial charge in [-0.2, -0.15) is 0 Å². The van der Waals surface area contributed by atoms with Crippen molar-refractivity contribution in [3.8, 4) is 62.9 Å². The van der Waals surface area contributed by atoms with Crippen molar-refractivity contribution in [3.05, 3.63) is 176 Å². The zero-order chi connectivity index (χ0) is 93.9. The molecule has 2 saturated heterocycles. The van der Waals surface area contributed by atoms with Gasteiger partial charge in [-0.3, -0.25) is 63.6 Å². The van der Waals surface area contributed by atoms with Crippen molar-refractivity contribution in [1.29, 1.82) is 0 Å². The molecule has 0 spiro atoms. The number of aromatic hydroxyl groups is 3. The number of carbonyl (C=O) groups is 11. The molecule has 688 valence electrons.